The average molecular weight is 283 g/mol. The van der Waals surface area contributed by atoms with Crippen molar-refractivity contribution in [2.45, 2.75) is 32.2 Å². The lowest BCUT2D eigenvalue weighted by atomic mass is 9.95. The predicted octanol–water partition coefficient (Wildman–Crippen LogP) is -0.275. The van der Waals surface area contributed by atoms with Gasteiger partial charge < -0.3 is 20.7 Å². The first kappa shape index (κ1) is 15.3. The molecule has 2 aliphatic rings. The van der Waals surface area contributed by atoms with Crippen LogP contribution in [0.1, 0.15) is 26.2 Å². The highest BCUT2D eigenvalue weighted by atomic mass is 16.5. The molecule has 0 radical (unpaired) electrons. The monoisotopic (exact) mass is 283 g/mol. The number of nitrogens with zero attached hydrogens (tertiary/aromatic N) is 1. The Morgan fingerprint density at radius 2 is 2.05 bits per heavy atom. The highest BCUT2D eigenvalue weighted by Gasteiger charge is 2.33. The van der Waals surface area contributed by atoms with Crippen LogP contribution in [-0.2, 0) is 14.3 Å². The molecule has 114 valence electrons. The lowest BCUT2D eigenvalue weighted by Crippen LogP contribution is -2.51. The summed E-state index contributed by atoms with van der Waals surface area (Å²) in [5.74, 6) is 0.191. The third-order valence-corrected chi connectivity index (χ3v) is 4.35. The van der Waals surface area contributed by atoms with Crippen LogP contribution in [0.25, 0.3) is 0 Å². The van der Waals surface area contributed by atoms with E-state index in [0.717, 1.165) is 19.3 Å². The van der Waals surface area contributed by atoms with Crippen molar-refractivity contribution in [1.29, 1.82) is 0 Å². The molecule has 6 nitrogen and oxygen atoms in total. The van der Waals surface area contributed by atoms with Crippen molar-refractivity contribution in [2.75, 3.05) is 32.8 Å². The van der Waals surface area contributed by atoms with Gasteiger partial charge in [0.15, 0.2) is 0 Å². The Morgan fingerprint density at radius 3 is 2.70 bits per heavy atom. The average Bonchev–Trinajstić information content (AvgIpc) is 2.95. The largest absolute Gasteiger partial charge is 0.378 e. The fourth-order valence-electron chi connectivity index (χ4n) is 3.10. The van der Waals surface area contributed by atoms with Crippen LogP contribution in [0.4, 0.5) is 0 Å². The zero-order valence-electron chi connectivity index (χ0n) is 12.1. The SMILES string of the molecule is CC(NC(=O)C1CCCC1CN)C(=O)N1CCOCC1. The number of carbonyl (C=O) groups is 2. The third-order valence-electron chi connectivity index (χ3n) is 4.35. The number of nitrogens with one attached hydrogen (secondary N) is 1. The fourth-order valence-corrected chi connectivity index (χ4v) is 3.10. The zero-order valence-corrected chi connectivity index (χ0v) is 12.1. The number of rotatable bonds is 4. The van der Waals surface area contributed by atoms with E-state index in [-0.39, 0.29) is 23.7 Å². The van der Waals surface area contributed by atoms with E-state index in [1.807, 2.05) is 0 Å². The Bertz CT molecular complexity index is 356. The number of nitrogens with two attached hydrogens (primary N) is 1. The van der Waals surface area contributed by atoms with Crippen LogP contribution in [0.3, 0.4) is 0 Å². The summed E-state index contributed by atoms with van der Waals surface area (Å²) in [6.07, 6.45) is 2.94. The summed E-state index contributed by atoms with van der Waals surface area (Å²) >= 11 is 0. The second-order valence-corrected chi connectivity index (χ2v) is 5.70. The zero-order chi connectivity index (χ0) is 14.5. The highest BCUT2D eigenvalue weighted by molar-refractivity contribution is 5.88. The lowest BCUT2D eigenvalue weighted by molar-refractivity contribution is -0.140. The molecule has 0 aromatic heterocycles. The predicted molar refractivity (Wildman–Crippen MR) is 74.9 cm³/mol. The molecule has 20 heavy (non-hydrogen) atoms. The molecule has 1 aliphatic heterocycles. The Hall–Kier alpha value is -1.14. The summed E-state index contributed by atoms with van der Waals surface area (Å²) in [5, 5.41) is 2.86. The van der Waals surface area contributed by atoms with Gasteiger partial charge in [-0.2, -0.15) is 0 Å². The minimum Gasteiger partial charge on any atom is -0.378 e. The van der Waals surface area contributed by atoms with Gasteiger partial charge in [0.25, 0.3) is 0 Å². The number of carbonyl (C=O) groups excluding carboxylic acids is 2. The first-order chi connectivity index (χ1) is 9.63. The van der Waals surface area contributed by atoms with Crippen molar-refractivity contribution in [1.82, 2.24) is 10.2 Å². The molecular formula is C14H25N3O3. The summed E-state index contributed by atoms with van der Waals surface area (Å²) < 4.78 is 5.23. The van der Waals surface area contributed by atoms with Gasteiger partial charge in [0, 0.05) is 19.0 Å². The summed E-state index contributed by atoms with van der Waals surface area (Å²) in [6.45, 7) is 4.66. The van der Waals surface area contributed by atoms with E-state index in [1.54, 1.807) is 11.8 Å². The molecular weight excluding hydrogens is 258 g/mol. The number of ether oxygens (including phenoxy) is 1. The van der Waals surface area contributed by atoms with Crippen LogP contribution >= 0.6 is 0 Å². The Kier molecular flexibility index (Phi) is 5.37. The Labute approximate surface area is 120 Å². The van der Waals surface area contributed by atoms with Crippen molar-refractivity contribution < 1.29 is 14.3 Å². The maximum Gasteiger partial charge on any atom is 0.245 e. The van der Waals surface area contributed by atoms with Gasteiger partial charge in [-0.1, -0.05) is 6.42 Å². The van der Waals surface area contributed by atoms with E-state index in [9.17, 15) is 9.59 Å². The maximum atomic E-state index is 12.3. The number of amides is 2. The summed E-state index contributed by atoms with van der Waals surface area (Å²) in [7, 11) is 0. The van der Waals surface area contributed by atoms with Crippen molar-refractivity contribution >= 4 is 11.8 Å². The van der Waals surface area contributed by atoms with Crippen molar-refractivity contribution in [2.24, 2.45) is 17.6 Å². The van der Waals surface area contributed by atoms with Crippen LogP contribution in [0.15, 0.2) is 0 Å². The van der Waals surface area contributed by atoms with E-state index < -0.39 is 6.04 Å². The Balaban J connectivity index is 1.85. The third kappa shape index (κ3) is 3.49. The van der Waals surface area contributed by atoms with Crippen LogP contribution in [0, 0.1) is 11.8 Å². The molecule has 1 aliphatic carbocycles. The topological polar surface area (TPSA) is 84.7 Å². The van der Waals surface area contributed by atoms with Gasteiger partial charge in [0.1, 0.15) is 6.04 Å². The molecule has 2 rings (SSSR count). The van der Waals surface area contributed by atoms with Crippen LogP contribution in [0.5, 0.6) is 0 Å². The molecule has 3 N–H and O–H groups in total. The minimum atomic E-state index is -0.473. The molecule has 2 amide bonds. The standard InChI is InChI=1S/C14H25N3O3/c1-10(14(19)17-5-7-20-8-6-17)16-13(18)12-4-2-3-11(12)9-15/h10-12H,2-9,15H2,1H3,(H,16,18). The second-order valence-electron chi connectivity index (χ2n) is 5.70. The molecule has 1 heterocycles. The minimum absolute atomic E-state index is 0.0212. The molecule has 0 aromatic rings. The van der Waals surface area contributed by atoms with E-state index in [2.05, 4.69) is 5.32 Å². The molecule has 2 fully saturated rings. The number of hydrogen-bond acceptors (Lipinski definition) is 4. The number of morpholine rings is 1. The Morgan fingerprint density at radius 1 is 1.35 bits per heavy atom. The van der Waals surface area contributed by atoms with E-state index in [4.69, 9.17) is 10.5 Å². The van der Waals surface area contributed by atoms with E-state index >= 15 is 0 Å². The maximum absolute atomic E-state index is 12.3. The number of hydrogen-bond donors (Lipinski definition) is 2. The van der Waals surface area contributed by atoms with E-state index in [1.165, 1.54) is 0 Å². The lowest BCUT2D eigenvalue weighted by Gasteiger charge is -2.30. The van der Waals surface area contributed by atoms with Crippen LogP contribution in [0.2, 0.25) is 0 Å². The van der Waals surface area contributed by atoms with Gasteiger partial charge in [0.05, 0.1) is 13.2 Å². The molecule has 3 unspecified atom stereocenters. The molecule has 0 aromatic carbocycles. The quantitative estimate of drug-likeness (QED) is 0.743. The molecule has 6 heteroatoms. The fraction of sp³-hybridized carbons (Fsp3) is 0.857. The summed E-state index contributed by atoms with van der Waals surface area (Å²) in [5.41, 5.74) is 5.70. The molecule has 3 atom stereocenters. The van der Waals surface area contributed by atoms with Gasteiger partial charge >= 0.3 is 0 Å². The molecule has 1 saturated heterocycles. The van der Waals surface area contributed by atoms with Crippen molar-refractivity contribution in [3.63, 3.8) is 0 Å². The van der Waals surface area contributed by atoms with Gasteiger partial charge in [0.2, 0.25) is 11.8 Å². The normalized spacial score (nSPS) is 28.2. The molecule has 1 saturated carbocycles. The van der Waals surface area contributed by atoms with Gasteiger partial charge in [-0.3, -0.25) is 9.59 Å². The second kappa shape index (κ2) is 7.04. The summed E-state index contributed by atoms with van der Waals surface area (Å²) in [4.78, 5) is 26.2. The first-order valence-corrected chi connectivity index (χ1v) is 7.50. The summed E-state index contributed by atoms with van der Waals surface area (Å²) in [6, 6.07) is -0.473. The van der Waals surface area contributed by atoms with Gasteiger partial charge in [-0.05, 0) is 32.2 Å². The smallest absolute Gasteiger partial charge is 0.245 e. The van der Waals surface area contributed by atoms with Gasteiger partial charge in [-0.25, -0.2) is 0 Å². The van der Waals surface area contributed by atoms with E-state index in [0.29, 0.717) is 32.8 Å². The highest BCUT2D eigenvalue weighted by Crippen LogP contribution is 2.31. The van der Waals surface area contributed by atoms with Crippen LogP contribution in [-0.4, -0.2) is 55.6 Å². The van der Waals surface area contributed by atoms with Gasteiger partial charge in [-0.15, -0.1) is 0 Å². The molecule has 0 bridgehead atoms. The molecule has 0 spiro atoms. The van der Waals surface area contributed by atoms with Crippen LogP contribution < -0.4 is 11.1 Å². The first-order valence-electron chi connectivity index (χ1n) is 7.50. The van der Waals surface area contributed by atoms with Crippen molar-refractivity contribution in [3.8, 4) is 0 Å². The van der Waals surface area contributed by atoms with Crippen molar-refractivity contribution in [3.05, 3.63) is 0 Å².